The minimum Gasteiger partial charge on any atom is -0.468 e. The summed E-state index contributed by atoms with van der Waals surface area (Å²) < 4.78 is 10.4. The molecule has 218 valence electrons. The van der Waals surface area contributed by atoms with Crippen LogP contribution in [0.15, 0.2) is 84.9 Å². The summed E-state index contributed by atoms with van der Waals surface area (Å²) in [6, 6.07) is 26.0. The molecule has 1 unspecified atom stereocenters. The molecule has 0 spiro atoms. The van der Waals surface area contributed by atoms with Crippen LogP contribution in [-0.4, -0.2) is 92.6 Å². The predicted octanol–water partition coefficient (Wildman–Crippen LogP) is 3.08. The van der Waals surface area contributed by atoms with Crippen molar-refractivity contribution in [1.82, 2.24) is 15.1 Å². The Morgan fingerprint density at radius 1 is 0.905 bits per heavy atom. The van der Waals surface area contributed by atoms with Gasteiger partial charge in [-0.15, -0.1) is 0 Å². The van der Waals surface area contributed by atoms with E-state index in [4.69, 9.17) is 14.9 Å². The van der Waals surface area contributed by atoms with Gasteiger partial charge in [-0.05, 0) is 35.4 Å². The van der Waals surface area contributed by atoms with Crippen molar-refractivity contribution in [3.05, 3.63) is 102 Å². The lowest BCUT2D eigenvalue weighted by molar-refractivity contribution is -0.142. The Hall–Kier alpha value is -4.54. The van der Waals surface area contributed by atoms with Gasteiger partial charge >= 0.3 is 12.1 Å². The summed E-state index contributed by atoms with van der Waals surface area (Å²) in [7, 11) is 1.39. The molecule has 2 N–H and O–H groups in total. The van der Waals surface area contributed by atoms with Gasteiger partial charge in [0.1, 0.15) is 11.9 Å². The van der Waals surface area contributed by atoms with Crippen LogP contribution >= 0.6 is 0 Å². The van der Waals surface area contributed by atoms with Crippen LogP contribution < -0.4 is 10.2 Å². The van der Waals surface area contributed by atoms with Crippen LogP contribution in [0.5, 0.6) is 0 Å². The summed E-state index contributed by atoms with van der Waals surface area (Å²) in [6.07, 6.45) is -0.677. The van der Waals surface area contributed by atoms with Gasteiger partial charge < -0.3 is 14.8 Å². The predicted molar refractivity (Wildman–Crippen MR) is 159 cm³/mol. The Labute approximate surface area is 245 Å². The number of nitrogens with one attached hydrogen (secondary N) is 2. The van der Waals surface area contributed by atoms with E-state index in [9.17, 15) is 14.4 Å². The number of carbonyl (C=O) groups is 3. The van der Waals surface area contributed by atoms with Gasteiger partial charge in [0, 0.05) is 44.0 Å². The molecule has 2 fully saturated rings. The molecule has 42 heavy (non-hydrogen) atoms. The average molecular weight is 570 g/mol. The first-order chi connectivity index (χ1) is 20.4. The van der Waals surface area contributed by atoms with Crippen LogP contribution in [0.2, 0.25) is 0 Å². The van der Waals surface area contributed by atoms with Gasteiger partial charge in [0.15, 0.2) is 0 Å². The topological polar surface area (TPSA) is 115 Å². The average Bonchev–Trinajstić information content (AvgIpc) is 3.38. The molecule has 0 saturated carbocycles. The largest absolute Gasteiger partial charge is 0.468 e. The van der Waals surface area contributed by atoms with Crippen molar-refractivity contribution >= 4 is 29.5 Å². The number of cyclic esters (lactones) is 1. The third-order valence-electron chi connectivity index (χ3n) is 7.63. The molecule has 0 aromatic heterocycles. The Kier molecular flexibility index (Phi) is 9.25. The van der Waals surface area contributed by atoms with Crippen molar-refractivity contribution in [2.75, 3.05) is 57.8 Å². The molecule has 2 heterocycles. The SMILES string of the molecule is COC(=O)CN1CCN(CC2CN(c3ccc(C(=N)NC(=O)C(c4ccccc4)c4ccccc4)cc3)C(=O)O2)CC1. The Bertz CT molecular complexity index is 1350. The summed E-state index contributed by atoms with van der Waals surface area (Å²) in [4.78, 5) is 43.4. The highest BCUT2D eigenvalue weighted by Gasteiger charge is 2.34. The molecule has 0 bridgehead atoms. The minimum atomic E-state index is -0.556. The van der Waals surface area contributed by atoms with Gasteiger partial charge in [0.05, 0.1) is 26.1 Å². The highest BCUT2D eigenvalue weighted by Crippen LogP contribution is 2.26. The molecule has 2 aliphatic heterocycles. The van der Waals surface area contributed by atoms with Crippen LogP contribution in [-0.2, 0) is 19.1 Å². The minimum absolute atomic E-state index is 0.0170. The molecule has 2 amide bonds. The molecule has 2 aliphatic rings. The zero-order valence-corrected chi connectivity index (χ0v) is 23.6. The number of amidine groups is 1. The fourth-order valence-electron chi connectivity index (χ4n) is 5.35. The smallest absolute Gasteiger partial charge is 0.414 e. The Morgan fingerprint density at radius 2 is 1.48 bits per heavy atom. The number of nitrogens with zero attached hydrogens (tertiary/aromatic N) is 3. The molecule has 10 nitrogen and oxygen atoms in total. The zero-order valence-electron chi connectivity index (χ0n) is 23.6. The Morgan fingerprint density at radius 3 is 2.05 bits per heavy atom. The molecule has 5 rings (SSSR count). The fraction of sp³-hybridized carbons (Fsp3) is 0.312. The maximum Gasteiger partial charge on any atom is 0.414 e. The second-order valence-corrected chi connectivity index (χ2v) is 10.4. The van der Waals surface area contributed by atoms with Gasteiger partial charge in [0.25, 0.3) is 0 Å². The number of hydrogen-bond acceptors (Lipinski definition) is 8. The normalized spacial score (nSPS) is 17.6. The number of benzene rings is 3. The third-order valence-corrected chi connectivity index (χ3v) is 7.63. The van der Waals surface area contributed by atoms with Crippen molar-refractivity contribution in [2.45, 2.75) is 12.0 Å². The summed E-state index contributed by atoms with van der Waals surface area (Å²) in [6.45, 7) is 4.39. The quantitative estimate of drug-likeness (QED) is 0.231. The highest BCUT2D eigenvalue weighted by atomic mass is 16.6. The number of amides is 2. The van der Waals surface area contributed by atoms with Crippen molar-refractivity contribution in [2.24, 2.45) is 0 Å². The molecule has 0 aliphatic carbocycles. The molecule has 10 heteroatoms. The van der Waals surface area contributed by atoms with E-state index in [1.54, 1.807) is 29.2 Å². The zero-order chi connectivity index (χ0) is 29.5. The van der Waals surface area contributed by atoms with E-state index in [1.165, 1.54) is 7.11 Å². The van der Waals surface area contributed by atoms with E-state index in [0.717, 1.165) is 37.3 Å². The van der Waals surface area contributed by atoms with Crippen molar-refractivity contribution < 1.29 is 23.9 Å². The number of carbonyl (C=O) groups excluding carboxylic acids is 3. The first-order valence-corrected chi connectivity index (χ1v) is 14.0. The number of rotatable bonds is 9. The lowest BCUT2D eigenvalue weighted by atomic mass is 9.90. The molecule has 3 aromatic carbocycles. The molecule has 3 aromatic rings. The second-order valence-electron chi connectivity index (χ2n) is 10.4. The van der Waals surface area contributed by atoms with Gasteiger partial charge in [-0.3, -0.25) is 29.7 Å². The van der Waals surface area contributed by atoms with Crippen LogP contribution in [0.1, 0.15) is 22.6 Å². The lowest BCUT2D eigenvalue weighted by Crippen LogP contribution is -2.50. The Balaban J connectivity index is 1.17. The first kappa shape index (κ1) is 29.0. The van der Waals surface area contributed by atoms with E-state index in [1.807, 2.05) is 60.7 Å². The van der Waals surface area contributed by atoms with E-state index in [2.05, 4.69) is 15.1 Å². The van der Waals surface area contributed by atoms with E-state index >= 15 is 0 Å². The molecule has 1 atom stereocenters. The summed E-state index contributed by atoms with van der Waals surface area (Å²) in [5.41, 5.74) is 2.88. The highest BCUT2D eigenvalue weighted by molar-refractivity contribution is 6.08. The fourth-order valence-corrected chi connectivity index (χ4v) is 5.35. The number of esters is 1. The number of piperazine rings is 1. The number of anilines is 1. The molecular weight excluding hydrogens is 534 g/mol. The summed E-state index contributed by atoms with van der Waals surface area (Å²) >= 11 is 0. The number of ether oxygens (including phenoxy) is 2. The van der Waals surface area contributed by atoms with Gasteiger partial charge in [-0.25, -0.2) is 4.79 Å². The van der Waals surface area contributed by atoms with Crippen molar-refractivity contribution in [1.29, 1.82) is 5.41 Å². The first-order valence-electron chi connectivity index (χ1n) is 14.0. The van der Waals surface area contributed by atoms with Crippen LogP contribution in [0.25, 0.3) is 0 Å². The third kappa shape index (κ3) is 7.02. The molecule has 0 radical (unpaired) electrons. The summed E-state index contributed by atoms with van der Waals surface area (Å²) in [5.74, 6) is -1.11. The van der Waals surface area contributed by atoms with Crippen LogP contribution in [0.3, 0.4) is 0 Å². The maximum absolute atomic E-state index is 13.4. The monoisotopic (exact) mass is 569 g/mol. The number of hydrogen-bond donors (Lipinski definition) is 2. The molecule has 2 saturated heterocycles. The van der Waals surface area contributed by atoms with E-state index < -0.39 is 12.0 Å². The van der Waals surface area contributed by atoms with E-state index in [0.29, 0.717) is 24.3 Å². The van der Waals surface area contributed by atoms with E-state index in [-0.39, 0.29) is 30.4 Å². The van der Waals surface area contributed by atoms with Crippen molar-refractivity contribution in [3.8, 4) is 0 Å². The number of methoxy groups -OCH3 is 1. The van der Waals surface area contributed by atoms with Gasteiger partial charge in [-0.2, -0.15) is 0 Å². The lowest BCUT2D eigenvalue weighted by Gasteiger charge is -2.34. The molecular formula is C32H35N5O5. The van der Waals surface area contributed by atoms with Gasteiger partial charge in [-0.1, -0.05) is 60.7 Å². The maximum atomic E-state index is 13.4. The summed E-state index contributed by atoms with van der Waals surface area (Å²) in [5, 5.41) is 11.3. The second kappa shape index (κ2) is 13.4. The standard InChI is InChI=1S/C32H35N5O5/c1-41-28(38)22-36-18-16-35(17-19-36)20-27-21-37(32(40)42-27)26-14-12-25(13-15-26)30(33)34-31(39)29(23-8-4-2-5-9-23)24-10-6-3-7-11-24/h2-15,27,29H,16-22H2,1H3,(H2,33,34,39). The van der Waals surface area contributed by atoms with Crippen molar-refractivity contribution in [3.63, 3.8) is 0 Å². The van der Waals surface area contributed by atoms with Crippen LogP contribution in [0, 0.1) is 5.41 Å². The van der Waals surface area contributed by atoms with Crippen LogP contribution in [0.4, 0.5) is 10.5 Å². The van der Waals surface area contributed by atoms with Gasteiger partial charge in [0.2, 0.25) is 5.91 Å².